The fourth-order valence-corrected chi connectivity index (χ4v) is 10.8. The van der Waals surface area contributed by atoms with Gasteiger partial charge in [0, 0.05) is 56.7 Å². The molecule has 21 heteroatoms. The van der Waals surface area contributed by atoms with Gasteiger partial charge in [-0.1, -0.05) is 56.3 Å². The van der Waals surface area contributed by atoms with Gasteiger partial charge in [0.2, 0.25) is 0 Å². The maximum Gasteiger partial charge on any atom is 0.319 e. The molecule has 0 aliphatic carbocycles. The number of amides is 2. The number of rotatable bonds is 13. The first-order valence-electron chi connectivity index (χ1n) is 25.6. The molecule has 0 radical (unpaired) electrons. The van der Waals surface area contributed by atoms with Gasteiger partial charge in [0.05, 0.1) is 41.5 Å². The second-order valence-corrected chi connectivity index (χ2v) is 21.4. The standard InChI is InChI=1S/C51H85N5O14.CH2O2/c1-15-37-51(11,63)43(58)33(7)56(23-19-22-52-48(61)53-39-32(6)54-70-42(39)35-20-17-16-18-21-35)27-28(2)25-49(9,62)45(69-47-40(57)36(55(12)13)24-29(3)65-47)30(4)41(31(5)46(60)67-37)68-38-26-50(10,64-14)44(59)34(8)66-38;2-1-3/h16-18,20-21,28-31,33-34,36-38,40-41,43-45,47,57-59,62-63H,15,19,22-27H2,1-14H3,(H2,52,53,61);1H,(H,2,3)/t28-,29-,30+,31-,33-,34+,36+,37-,38+,40-,41+,43-,44+,45-,47+,49-,50-,51-;/m1./s1. The molecule has 3 fully saturated rings. The summed E-state index contributed by atoms with van der Waals surface area (Å²) in [5.41, 5.74) is -2.96. The minimum atomic E-state index is -1.94. The molecular formula is C52H87N5O16. The van der Waals surface area contributed by atoms with Crippen molar-refractivity contribution in [2.24, 2.45) is 17.8 Å². The van der Waals surface area contributed by atoms with E-state index in [2.05, 4.69) is 15.8 Å². The second-order valence-electron chi connectivity index (χ2n) is 21.4. The van der Waals surface area contributed by atoms with E-state index < -0.39 is 102 Å². The van der Waals surface area contributed by atoms with E-state index in [1.807, 2.05) is 68.1 Å². The van der Waals surface area contributed by atoms with Crippen LogP contribution >= 0.6 is 0 Å². The van der Waals surface area contributed by atoms with Gasteiger partial charge in [-0.2, -0.15) is 0 Å². The summed E-state index contributed by atoms with van der Waals surface area (Å²) in [6, 6.07) is 7.83. The Morgan fingerprint density at radius 1 is 0.986 bits per heavy atom. The molecule has 73 heavy (non-hydrogen) atoms. The molecule has 1 aromatic heterocycles. The first-order valence-corrected chi connectivity index (χ1v) is 25.6. The highest BCUT2D eigenvalue weighted by Gasteiger charge is 2.53. The van der Waals surface area contributed by atoms with Crippen molar-refractivity contribution in [2.45, 2.75) is 199 Å². The quantitative estimate of drug-likeness (QED) is 0.0795. The van der Waals surface area contributed by atoms with E-state index in [0.717, 1.165) is 5.56 Å². The molecule has 21 nitrogen and oxygen atoms in total. The number of aliphatic hydroxyl groups excluding tert-OH is 3. The molecule has 5 rings (SSSR count). The van der Waals surface area contributed by atoms with Gasteiger partial charge in [0.15, 0.2) is 18.3 Å². The van der Waals surface area contributed by atoms with E-state index in [0.29, 0.717) is 43.1 Å². The van der Waals surface area contributed by atoms with Crippen LogP contribution in [0, 0.1) is 24.7 Å². The monoisotopic (exact) mass is 1040 g/mol. The topological polar surface area (TPSA) is 285 Å². The highest BCUT2D eigenvalue weighted by Crippen LogP contribution is 2.40. The molecule has 1 aromatic carbocycles. The fourth-order valence-electron chi connectivity index (χ4n) is 10.8. The van der Waals surface area contributed by atoms with Gasteiger partial charge in [-0.25, -0.2) is 4.79 Å². The molecule has 2 amide bonds. The average molecular weight is 1040 g/mol. The predicted molar refractivity (Wildman–Crippen MR) is 270 cm³/mol. The van der Waals surface area contributed by atoms with E-state index in [-0.39, 0.29) is 50.3 Å². The zero-order chi connectivity index (χ0) is 54.7. The SMILES string of the molecule is CC[C@H]1OC(=O)[C@H](C)[C@@H](O[C@H]2C[C@@](C)(OC)[C@@H](O)[C@H](C)O2)[C@H](C)[C@@H](O[C@@H]2O[C@H](C)C[C@H](N(C)C)[C@H]2O)[C@](C)(O)C[C@@H](C)CN(CCCNC(=O)Nc2c(C)noc2-c2ccccc2)[C@H](C)[C@@H](O)[C@]1(C)O.O=CO. The number of urea groups is 1. The zero-order valence-corrected chi connectivity index (χ0v) is 45.4. The Hall–Kier alpha value is -3.84. The van der Waals surface area contributed by atoms with Gasteiger partial charge in [0.1, 0.15) is 41.4 Å². The van der Waals surface area contributed by atoms with Crippen LogP contribution in [0.3, 0.4) is 0 Å². The summed E-state index contributed by atoms with van der Waals surface area (Å²) in [5.74, 6) is -2.51. The maximum absolute atomic E-state index is 14.6. The van der Waals surface area contributed by atoms with Crippen LogP contribution in [0.1, 0.15) is 107 Å². The van der Waals surface area contributed by atoms with Gasteiger partial charge in [-0.05, 0) is 101 Å². The summed E-state index contributed by atoms with van der Waals surface area (Å²) in [5, 5.41) is 76.8. The summed E-state index contributed by atoms with van der Waals surface area (Å²) in [6.45, 7) is 19.8. The number of esters is 1. The minimum Gasteiger partial charge on any atom is -0.483 e. The zero-order valence-electron chi connectivity index (χ0n) is 45.4. The van der Waals surface area contributed by atoms with Crippen molar-refractivity contribution in [2.75, 3.05) is 46.2 Å². The summed E-state index contributed by atoms with van der Waals surface area (Å²) in [7, 11) is 5.24. The van der Waals surface area contributed by atoms with Crippen molar-refractivity contribution in [1.82, 2.24) is 20.3 Å². The Kier molecular flexibility index (Phi) is 22.6. The van der Waals surface area contributed by atoms with Crippen LogP contribution in [-0.4, -0.2) is 195 Å². The number of nitrogens with one attached hydrogen (secondary N) is 2. The summed E-state index contributed by atoms with van der Waals surface area (Å²) in [6.07, 6.45) is -8.79. The Bertz CT molecular complexity index is 2030. The lowest BCUT2D eigenvalue weighted by atomic mass is 9.77. The van der Waals surface area contributed by atoms with Crippen molar-refractivity contribution >= 4 is 24.2 Å². The minimum absolute atomic E-state index is 0.0918. The van der Waals surface area contributed by atoms with Crippen molar-refractivity contribution in [3.63, 3.8) is 0 Å². The molecular weight excluding hydrogens is 951 g/mol. The first-order chi connectivity index (χ1) is 34.2. The molecule has 0 unspecified atom stereocenters. The number of methoxy groups -OCH3 is 1. The van der Waals surface area contributed by atoms with Crippen LogP contribution in [0.4, 0.5) is 10.5 Å². The van der Waals surface area contributed by atoms with Crippen LogP contribution in [-0.2, 0) is 38.0 Å². The number of aromatic nitrogens is 1. The van der Waals surface area contributed by atoms with Crippen molar-refractivity contribution in [3.8, 4) is 11.3 Å². The highest BCUT2D eigenvalue weighted by atomic mass is 16.7. The summed E-state index contributed by atoms with van der Waals surface area (Å²) < 4.78 is 43.6. The lowest BCUT2D eigenvalue weighted by Crippen LogP contribution is -2.60. The largest absolute Gasteiger partial charge is 0.483 e. The van der Waals surface area contributed by atoms with Crippen LogP contribution in [0.5, 0.6) is 0 Å². The lowest BCUT2D eigenvalue weighted by molar-refractivity contribution is -0.318. The number of hydrogen-bond donors (Lipinski definition) is 8. The normalized spacial score (nSPS) is 38.2. The number of carboxylic acid groups (broad SMARTS) is 1. The number of benzene rings is 1. The highest BCUT2D eigenvalue weighted by molar-refractivity contribution is 5.93. The van der Waals surface area contributed by atoms with Gasteiger partial charge >= 0.3 is 12.0 Å². The molecule has 3 aliphatic heterocycles. The Morgan fingerprint density at radius 2 is 1.63 bits per heavy atom. The molecule has 0 bridgehead atoms. The van der Waals surface area contributed by atoms with Gasteiger partial charge in [0.25, 0.3) is 6.47 Å². The van der Waals surface area contributed by atoms with Crippen LogP contribution in [0.15, 0.2) is 34.9 Å². The van der Waals surface area contributed by atoms with E-state index in [1.54, 1.807) is 55.4 Å². The van der Waals surface area contributed by atoms with E-state index >= 15 is 0 Å². The smallest absolute Gasteiger partial charge is 0.319 e. The molecule has 3 aliphatic rings. The van der Waals surface area contributed by atoms with E-state index in [9.17, 15) is 35.1 Å². The molecule has 416 valence electrons. The van der Waals surface area contributed by atoms with Crippen molar-refractivity contribution in [1.29, 1.82) is 0 Å². The molecule has 4 heterocycles. The van der Waals surface area contributed by atoms with Gasteiger partial charge < -0.3 is 79.1 Å². The number of aryl methyl sites for hydroxylation is 1. The number of cyclic esters (lactones) is 1. The molecule has 0 saturated carbocycles. The number of carbonyl (C=O) groups is 3. The van der Waals surface area contributed by atoms with E-state index in [4.69, 9.17) is 42.8 Å². The first kappa shape index (κ1) is 61.7. The van der Waals surface area contributed by atoms with E-state index in [1.165, 1.54) is 14.0 Å². The third-order valence-corrected chi connectivity index (χ3v) is 15.1. The Labute approximate surface area is 431 Å². The second kappa shape index (κ2) is 26.8. The molecule has 3 saturated heterocycles. The molecule has 2 aromatic rings. The number of aliphatic hydroxyl groups is 5. The number of nitrogens with zero attached hydrogens (tertiary/aromatic N) is 3. The Morgan fingerprint density at radius 3 is 2.23 bits per heavy atom. The number of anilines is 1. The van der Waals surface area contributed by atoms with Crippen LogP contribution < -0.4 is 10.6 Å². The number of ether oxygens (including phenoxy) is 6. The third-order valence-electron chi connectivity index (χ3n) is 15.1. The molecule has 18 atom stereocenters. The van der Waals surface area contributed by atoms with Crippen molar-refractivity contribution < 1.29 is 78.0 Å². The summed E-state index contributed by atoms with van der Waals surface area (Å²) >= 11 is 0. The van der Waals surface area contributed by atoms with Gasteiger partial charge in [-0.3, -0.25) is 14.5 Å². The van der Waals surface area contributed by atoms with Crippen LogP contribution in [0.2, 0.25) is 0 Å². The number of hydrogen-bond acceptors (Lipinski definition) is 18. The van der Waals surface area contributed by atoms with Crippen LogP contribution in [0.25, 0.3) is 11.3 Å². The third kappa shape index (κ3) is 15.4. The lowest BCUT2D eigenvalue weighted by Gasteiger charge is -2.48. The molecule has 8 N–H and O–H groups in total. The Balaban J connectivity index is 0.00000375. The molecule has 0 spiro atoms. The average Bonchev–Trinajstić information content (AvgIpc) is 3.69. The van der Waals surface area contributed by atoms with Gasteiger partial charge in [-0.15, -0.1) is 0 Å². The van der Waals surface area contributed by atoms with Crippen molar-refractivity contribution in [3.05, 3.63) is 36.0 Å². The number of likely N-dealkylation sites (N-methyl/N-ethyl adjacent to an activating group) is 1. The summed E-state index contributed by atoms with van der Waals surface area (Å²) in [4.78, 5) is 40.1. The maximum atomic E-state index is 14.6. The predicted octanol–water partition coefficient (Wildman–Crippen LogP) is 4.15. The fraction of sp³-hybridized carbons (Fsp3) is 0.769. The number of carbonyl (C=O) groups excluding carboxylic acids is 2.